The number of nitrogens with one attached hydrogen (secondary N) is 1. The van der Waals surface area contributed by atoms with Gasteiger partial charge in [0.25, 0.3) is 0 Å². The molecule has 498 valence electrons. The van der Waals surface area contributed by atoms with E-state index in [1.165, 1.54) is 103 Å². The fourth-order valence-corrected chi connectivity index (χ4v) is 10.4. The van der Waals surface area contributed by atoms with Crippen molar-refractivity contribution in [2.75, 3.05) is 40.9 Å². The summed E-state index contributed by atoms with van der Waals surface area (Å²) in [5.41, 5.74) is 0. The van der Waals surface area contributed by atoms with E-state index in [1.54, 1.807) is 0 Å². The van der Waals surface area contributed by atoms with Crippen LogP contribution in [0, 0.1) is 0 Å². The molecule has 0 saturated heterocycles. The minimum atomic E-state index is -4.47. The monoisotopic (exact) mass is 1230 g/mol. The summed E-state index contributed by atoms with van der Waals surface area (Å²) in [5.74, 6) is -0.534. The second-order valence-electron chi connectivity index (χ2n) is 24.7. The lowest BCUT2D eigenvalue weighted by Gasteiger charge is -2.27. The van der Waals surface area contributed by atoms with Gasteiger partial charge in [0.15, 0.2) is 0 Å². The number of phosphoric ester groups is 1. The molecule has 0 aliphatic heterocycles. The van der Waals surface area contributed by atoms with Gasteiger partial charge in [-0.1, -0.05) is 283 Å². The van der Waals surface area contributed by atoms with Crippen LogP contribution in [0.3, 0.4) is 0 Å². The fourth-order valence-electron chi connectivity index (χ4n) is 9.63. The molecule has 10 heteroatoms. The summed E-state index contributed by atoms with van der Waals surface area (Å²) >= 11 is 0. The maximum absolute atomic E-state index is 13.6. The lowest BCUT2D eigenvalue weighted by molar-refractivity contribution is -0.870. The molecule has 0 heterocycles. The zero-order chi connectivity index (χ0) is 63.5. The highest BCUT2D eigenvalue weighted by Crippen LogP contribution is 2.43. The van der Waals surface area contributed by atoms with Crippen LogP contribution in [0.5, 0.6) is 0 Å². The molecular formula is C77H134N2O7P+. The second kappa shape index (κ2) is 65.1. The number of likely N-dealkylation sites (N-methyl/N-ethyl adjacent to an activating group) is 1. The van der Waals surface area contributed by atoms with E-state index >= 15 is 0 Å². The summed E-state index contributed by atoms with van der Waals surface area (Å²) in [5, 5.41) is 3.06. The summed E-state index contributed by atoms with van der Waals surface area (Å²) in [6, 6.07) is -0.870. The Morgan fingerprint density at radius 1 is 0.414 bits per heavy atom. The molecule has 0 radical (unpaired) electrons. The van der Waals surface area contributed by atoms with Crippen molar-refractivity contribution in [3.05, 3.63) is 134 Å². The molecule has 3 atom stereocenters. The van der Waals surface area contributed by atoms with Gasteiger partial charge >= 0.3 is 13.8 Å². The van der Waals surface area contributed by atoms with Gasteiger partial charge in [0.2, 0.25) is 5.91 Å². The minimum absolute atomic E-state index is 0.0290. The van der Waals surface area contributed by atoms with Crippen LogP contribution in [0.4, 0.5) is 0 Å². The first-order valence-corrected chi connectivity index (χ1v) is 37.0. The molecule has 0 aliphatic rings. The summed E-state index contributed by atoms with van der Waals surface area (Å²) in [6.07, 6.45) is 93.2. The second-order valence-corrected chi connectivity index (χ2v) is 26.1. The summed E-state index contributed by atoms with van der Waals surface area (Å²) < 4.78 is 30.8. The molecule has 0 aromatic heterocycles. The smallest absolute Gasteiger partial charge is 0.456 e. The van der Waals surface area contributed by atoms with E-state index in [0.29, 0.717) is 17.4 Å². The molecule has 0 saturated carbocycles. The van der Waals surface area contributed by atoms with Crippen molar-refractivity contribution in [2.24, 2.45) is 0 Å². The predicted octanol–water partition coefficient (Wildman–Crippen LogP) is 22.8. The van der Waals surface area contributed by atoms with Gasteiger partial charge in [0, 0.05) is 12.8 Å². The number of phosphoric acid groups is 1. The SMILES string of the molecule is CC/C=C\C/C=C\C/C=C\C/C=C\C/C=C\C/C=C\CCCCCCCCC(=O)NC(COP(=O)(O)OCC[N+](C)(C)C)C(/C=C/CCCCCCCCCCC)OC(=O)CCCCCCCCCCC/C=C\C/C=C\C/C=C\C/C=C\CCCCC. The molecule has 87 heavy (non-hydrogen) atoms. The molecule has 0 spiro atoms. The number of rotatable bonds is 63. The molecule has 1 amide bonds. The van der Waals surface area contributed by atoms with Gasteiger partial charge in [-0.3, -0.25) is 18.6 Å². The highest BCUT2D eigenvalue weighted by molar-refractivity contribution is 7.47. The Kier molecular flexibility index (Phi) is 62.2. The number of ether oxygens (including phenoxy) is 1. The number of quaternary nitrogens is 1. The predicted molar refractivity (Wildman–Crippen MR) is 378 cm³/mol. The summed E-state index contributed by atoms with van der Waals surface area (Å²) in [4.78, 5) is 37.9. The zero-order valence-corrected chi connectivity index (χ0v) is 57.9. The summed E-state index contributed by atoms with van der Waals surface area (Å²) in [7, 11) is 1.47. The van der Waals surface area contributed by atoms with Crippen molar-refractivity contribution in [2.45, 2.75) is 303 Å². The number of hydrogen-bond acceptors (Lipinski definition) is 6. The molecule has 0 aromatic rings. The van der Waals surface area contributed by atoms with Gasteiger partial charge in [-0.15, -0.1) is 0 Å². The fraction of sp³-hybridized carbons (Fsp3) is 0.688. The number of carbonyl (C=O) groups excluding carboxylic acids is 2. The Labute approximate surface area is 536 Å². The van der Waals surface area contributed by atoms with E-state index in [9.17, 15) is 19.0 Å². The largest absolute Gasteiger partial charge is 0.472 e. The van der Waals surface area contributed by atoms with E-state index in [1.807, 2.05) is 33.3 Å². The van der Waals surface area contributed by atoms with Crippen LogP contribution >= 0.6 is 7.82 Å². The van der Waals surface area contributed by atoms with Crippen molar-refractivity contribution in [1.29, 1.82) is 0 Å². The first-order chi connectivity index (χ1) is 42.4. The maximum Gasteiger partial charge on any atom is 0.472 e. The average Bonchev–Trinajstić information content (AvgIpc) is 3.70. The Hall–Kier alpha value is -3.85. The van der Waals surface area contributed by atoms with E-state index in [2.05, 4.69) is 148 Å². The van der Waals surface area contributed by atoms with E-state index in [4.69, 9.17) is 13.8 Å². The molecule has 0 fully saturated rings. The number of amides is 1. The van der Waals surface area contributed by atoms with Crippen molar-refractivity contribution in [3.8, 4) is 0 Å². The number of esters is 1. The lowest BCUT2D eigenvalue weighted by atomic mass is 10.0. The van der Waals surface area contributed by atoms with Gasteiger partial charge in [-0.2, -0.15) is 0 Å². The highest BCUT2D eigenvalue weighted by atomic mass is 31.2. The topological polar surface area (TPSA) is 111 Å². The average molecular weight is 1230 g/mol. The van der Waals surface area contributed by atoms with Gasteiger partial charge in [-0.05, 0) is 128 Å². The minimum Gasteiger partial charge on any atom is -0.456 e. The van der Waals surface area contributed by atoms with Crippen LogP contribution in [0.15, 0.2) is 134 Å². The first-order valence-electron chi connectivity index (χ1n) is 35.5. The van der Waals surface area contributed by atoms with Crippen LogP contribution in [0.25, 0.3) is 0 Å². The molecular weight excluding hydrogens is 1100 g/mol. The van der Waals surface area contributed by atoms with Crippen molar-refractivity contribution >= 4 is 19.7 Å². The number of unbranched alkanes of at least 4 members (excludes halogenated alkanes) is 27. The standard InChI is InChI=1S/C77H133N2O7P/c1-7-10-13-16-19-22-25-27-29-31-33-35-37-39-41-43-45-47-49-51-54-57-60-63-66-69-76(80)78-74(73-85-87(82,83)84-72-71-79(4,5)6)75(68-65-62-59-56-53-24-21-18-15-12-9-3)86-77(81)70-67-64-61-58-55-52-50-48-46-44-42-40-38-36-34-32-30-28-26-23-20-17-14-11-8-2/h10,13,19-20,22-23,27-30,33-36,39-42,45,47,65,68,74-75H,7-9,11-12,14-18,21,24-26,31-32,37-38,43-44,46,48-64,66-67,69-73H2,1-6H3,(H-,78,80,82,83)/p+1/b13-10-,22-19-,23-20-,29-27-,30-28-,35-33-,36-34-,41-39-,42-40-,47-45-,68-65+. The zero-order valence-electron chi connectivity index (χ0n) is 57.0. The van der Waals surface area contributed by atoms with E-state index in [0.717, 1.165) is 154 Å². The van der Waals surface area contributed by atoms with Crippen molar-refractivity contribution in [3.63, 3.8) is 0 Å². The van der Waals surface area contributed by atoms with Crippen LogP contribution in [0.2, 0.25) is 0 Å². The number of hydrogen-bond donors (Lipinski definition) is 2. The maximum atomic E-state index is 13.6. The third kappa shape index (κ3) is 66.4. The molecule has 0 aliphatic carbocycles. The van der Waals surface area contributed by atoms with Crippen LogP contribution < -0.4 is 5.32 Å². The molecule has 0 aromatic carbocycles. The number of allylic oxidation sites excluding steroid dienone is 21. The highest BCUT2D eigenvalue weighted by Gasteiger charge is 2.30. The van der Waals surface area contributed by atoms with Gasteiger partial charge in [0.05, 0.1) is 33.8 Å². The molecule has 0 rings (SSSR count). The Morgan fingerprint density at radius 2 is 0.736 bits per heavy atom. The Balaban J connectivity index is 5.10. The normalized spacial score (nSPS) is 14.3. The first kappa shape index (κ1) is 83.2. The van der Waals surface area contributed by atoms with Gasteiger partial charge < -0.3 is 19.4 Å². The van der Waals surface area contributed by atoms with E-state index < -0.39 is 20.0 Å². The third-order valence-corrected chi connectivity index (χ3v) is 16.1. The van der Waals surface area contributed by atoms with Gasteiger partial charge in [-0.25, -0.2) is 4.57 Å². The molecule has 2 N–H and O–H groups in total. The van der Waals surface area contributed by atoms with Crippen LogP contribution in [-0.2, 0) is 27.9 Å². The van der Waals surface area contributed by atoms with Gasteiger partial charge in [0.1, 0.15) is 19.3 Å². The summed E-state index contributed by atoms with van der Waals surface area (Å²) in [6.45, 7) is 6.85. The Morgan fingerprint density at radius 3 is 1.13 bits per heavy atom. The molecule has 9 nitrogen and oxygen atoms in total. The van der Waals surface area contributed by atoms with Crippen LogP contribution in [-0.4, -0.2) is 74.3 Å². The van der Waals surface area contributed by atoms with Crippen molar-refractivity contribution in [1.82, 2.24) is 5.32 Å². The van der Waals surface area contributed by atoms with Crippen LogP contribution in [0.1, 0.15) is 290 Å². The Bertz CT molecular complexity index is 1950. The molecule has 0 bridgehead atoms. The number of carbonyl (C=O) groups is 2. The quantitative estimate of drug-likeness (QED) is 0.0205. The third-order valence-electron chi connectivity index (χ3n) is 15.1. The van der Waals surface area contributed by atoms with Crippen molar-refractivity contribution < 1.29 is 37.3 Å². The number of nitrogens with zero attached hydrogens (tertiary/aromatic N) is 1. The molecule has 3 unspecified atom stereocenters. The lowest BCUT2D eigenvalue weighted by Crippen LogP contribution is -2.47. The van der Waals surface area contributed by atoms with E-state index in [-0.39, 0.29) is 31.5 Å².